The lowest BCUT2D eigenvalue weighted by molar-refractivity contribution is -0.132. The van der Waals surface area contributed by atoms with Crippen LogP contribution < -0.4 is 5.32 Å². The lowest BCUT2D eigenvalue weighted by Crippen LogP contribution is -2.53. The fraction of sp³-hybridized carbons (Fsp3) is 0.818. The highest BCUT2D eigenvalue weighted by Gasteiger charge is 2.30. The molecule has 1 rings (SSSR count). The minimum Gasteiger partial charge on any atom is -0.350 e. The topological polar surface area (TPSA) is 49.4 Å². The fourth-order valence-corrected chi connectivity index (χ4v) is 2.30. The van der Waals surface area contributed by atoms with Crippen molar-refractivity contribution in [2.75, 3.05) is 12.9 Å². The molecule has 1 aliphatic carbocycles. The largest absolute Gasteiger partial charge is 0.350 e. The second kappa shape index (κ2) is 6.09. The molecule has 1 saturated carbocycles. The number of nitrogens with zero attached hydrogens (tertiary/aromatic N) is 1. The van der Waals surface area contributed by atoms with Crippen LogP contribution in [0.15, 0.2) is 0 Å². The van der Waals surface area contributed by atoms with Crippen LogP contribution in [-0.4, -0.2) is 41.7 Å². The van der Waals surface area contributed by atoms with Crippen molar-refractivity contribution in [1.29, 1.82) is 0 Å². The van der Waals surface area contributed by atoms with Crippen molar-refractivity contribution in [3.05, 3.63) is 0 Å². The number of amides is 2. The van der Waals surface area contributed by atoms with Gasteiger partial charge in [-0.1, -0.05) is 12.8 Å². The van der Waals surface area contributed by atoms with Gasteiger partial charge in [-0.15, -0.1) is 11.6 Å². The summed E-state index contributed by atoms with van der Waals surface area (Å²) < 4.78 is 0. The van der Waals surface area contributed by atoms with Gasteiger partial charge >= 0.3 is 0 Å². The molecule has 0 aromatic heterocycles. The Morgan fingerprint density at radius 1 is 1.38 bits per heavy atom. The van der Waals surface area contributed by atoms with E-state index in [0.29, 0.717) is 0 Å². The van der Waals surface area contributed by atoms with Crippen LogP contribution in [0.1, 0.15) is 32.6 Å². The Balaban J connectivity index is 2.63. The minimum absolute atomic E-state index is 0.0208. The highest BCUT2D eigenvalue weighted by atomic mass is 35.5. The second-order valence-electron chi connectivity index (χ2n) is 4.29. The molecule has 0 aromatic carbocycles. The number of hydrogen-bond donors (Lipinski definition) is 1. The van der Waals surface area contributed by atoms with E-state index in [1.807, 2.05) is 0 Å². The highest BCUT2D eigenvalue weighted by molar-refractivity contribution is 6.27. The molecule has 0 spiro atoms. The molecule has 0 bridgehead atoms. The summed E-state index contributed by atoms with van der Waals surface area (Å²) in [7, 11) is 1.79. The predicted molar refractivity (Wildman–Crippen MR) is 63.4 cm³/mol. The molecular weight excluding hydrogens is 228 g/mol. The van der Waals surface area contributed by atoms with E-state index < -0.39 is 0 Å². The Morgan fingerprint density at radius 2 is 2.00 bits per heavy atom. The van der Waals surface area contributed by atoms with E-state index in [9.17, 15) is 9.59 Å². The Kier molecular flexibility index (Phi) is 5.06. The van der Waals surface area contributed by atoms with Gasteiger partial charge in [0, 0.05) is 20.0 Å². The summed E-state index contributed by atoms with van der Waals surface area (Å²) in [5.41, 5.74) is 0. The molecule has 0 radical (unpaired) electrons. The number of likely N-dealkylation sites (N-methyl/N-ethyl adjacent to an activating group) is 1. The number of alkyl halides is 1. The van der Waals surface area contributed by atoms with Crippen LogP contribution >= 0.6 is 11.6 Å². The number of rotatable bonds is 3. The van der Waals surface area contributed by atoms with Gasteiger partial charge in [0.15, 0.2) is 0 Å². The second-order valence-corrected chi connectivity index (χ2v) is 4.56. The number of halogens is 1. The van der Waals surface area contributed by atoms with Crippen LogP contribution in [-0.2, 0) is 9.59 Å². The first-order valence-electron chi connectivity index (χ1n) is 5.65. The van der Waals surface area contributed by atoms with Gasteiger partial charge in [-0.3, -0.25) is 9.59 Å². The molecule has 2 amide bonds. The maximum Gasteiger partial charge on any atom is 0.235 e. The fourth-order valence-electron chi connectivity index (χ4n) is 2.22. The van der Waals surface area contributed by atoms with Gasteiger partial charge in [0.1, 0.15) is 5.88 Å². The lowest BCUT2D eigenvalue weighted by atomic mass is 9.89. The summed E-state index contributed by atoms with van der Waals surface area (Å²) in [5, 5.41) is 2.89. The maximum atomic E-state index is 11.3. The van der Waals surface area contributed by atoms with E-state index in [-0.39, 0.29) is 29.8 Å². The molecule has 0 aliphatic heterocycles. The predicted octanol–water partition coefficient (Wildman–Crippen LogP) is 1.13. The van der Waals surface area contributed by atoms with Crippen LogP contribution in [0.25, 0.3) is 0 Å². The van der Waals surface area contributed by atoms with Crippen LogP contribution in [0.3, 0.4) is 0 Å². The van der Waals surface area contributed by atoms with Crippen LogP contribution in [0.5, 0.6) is 0 Å². The summed E-state index contributed by atoms with van der Waals surface area (Å²) >= 11 is 5.47. The molecule has 0 unspecified atom stereocenters. The zero-order chi connectivity index (χ0) is 12.1. The van der Waals surface area contributed by atoms with Crippen molar-refractivity contribution >= 4 is 23.4 Å². The van der Waals surface area contributed by atoms with E-state index in [1.165, 1.54) is 0 Å². The lowest BCUT2D eigenvalue weighted by Gasteiger charge is -2.37. The van der Waals surface area contributed by atoms with Gasteiger partial charge in [0.25, 0.3) is 0 Å². The van der Waals surface area contributed by atoms with E-state index >= 15 is 0 Å². The zero-order valence-corrected chi connectivity index (χ0v) is 10.6. The van der Waals surface area contributed by atoms with Gasteiger partial charge in [0.2, 0.25) is 11.8 Å². The van der Waals surface area contributed by atoms with E-state index in [2.05, 4.69) is 5.32 Å². The monoisotopic (exact) mass is 246 g/mol. The molecule has 2 atom stereocenters. The van der Waals surface area contributed by atoms with Crippen molar-refractivity contribution in [1.82, 2.24) is 10.2 Å². The molecule has 4 nitrogen and oxygen atoms in total. The van der Waals surface area contributed by atoms with Crippen molar-refractivity contribution in [3.8, 4) is 0 Å². The average Bonchev–Trinajstić information content (AvgIpc) is 2.28. The van der Waals surface area contributed by atoms with Gasteiger partial charge < -0.3 is 10.2 Å². The summed E-state index contributed by atoms with van der Waals surface area (Å²) in [6.45, 7) is 1.55. The van der Waals surface area contributed by atoms with Crippen molar-refractivity contribution in [2.24, 2.45) is 0 Å². The van der Waals surface area contributed by atoms with Crippen molar-refractivity contribution in [3.63, 3.8) is 0 Å². The Morgan fingerprint density at radius 3 is 2.56 bits per heavy atom. The van der Waals surface area contributed by atoms with Crippen molar-refractivity contribution < 1.29 is 9.59 Å². The average molecular weight is 247 g/mol. The van der Waals surface area contributed by atoms with Crippen LogP contribution in [0.4, 0.5) is 0 Å². The molecule has 5 heteroatoms. The summed E-state index contributed by atoms with van der Waals surface area (Å²) in [4.78, 5) is 24.3. The summed E-state index contributed by atoms with van der Waals surface area (Å²) in [5.74, 6) is -0.139. The Bertz CT molecular complexity index is 271. The maximum absolute atomic E-state index is 11.3. The van der Waals surface area contributed by atoms with Crippen LogP contribution in [0.2, 0.25) is 0 Å². The highest BCUT2D eigenvalue weighted by Crippen LogP contribution is 2.22. The molecule has 16 heavy (non-hydrogen) atoms. The molecular formula is C11H19ClN2O2. The Labute approximate surface area is 101 Å². The Hall–Kier alpha value is -0.770. The van der Waals surface area contributed by atoms with Gasteiger partial charge in [-0.25, -0.2) is 0 Å². The zero-order valence-electron chi connectivity index (χ0n) is 9.83. The number of nitrogens with one attached hydrogen (secondary N) is 1. The molecule has 0 heterocycles. The third kappa shape index (κ3) is 3.37. The quantitative estimate of drug-likeness (QED) is 0.759. The van der Waals surface area contributed by atoms with Crippen LogP contribution in [0, 0.1) is 0 Å². The third-order valence-electron chi connectivity index (χ3n) is 3.19. The van der Waals surface area contributed by atoms with E-state index in [4.69, 9.17) is 11.6 Å². The molecule has 0 saturated heterocycles. The molecule has 1 aliphatic rings. The normalized spacial score (nSPS) is 24.9. The van der Waals surface area contributed by atoms with E-state index in [1.54, 1.807) is 18.9 Å². The molecule has 1 N–H and O–H groups in total. The van der Waals surface area contributed by atoms with Crippen molar-refractivity contribution in [2.45, 2.75) is 44.7 Å². The molecule has 0 aromatic rings. The molecule has 1 fully saturated rings. The third-order valence-corrected chi connectivity index (χ3v) is 3.43. The molecule has 92 valence electrons. The smallest absolute Gasteiger partial charge is 0.235 e. The summed E-state index contributed by atoms with van der Waals surface area (Å²) in [6, 6.07) is 0.160. The van der Waals surface area contributed by atoms with Gasteiger partial charge in [-0.2, -0.15) is 0 Å². The number of carbonyl (C=O) groups is 2. The van der Waals surface area contributed by atoms with Gasteiger partial charge in [-0.05, 0) is 12.8 Å². The first-order chi connectivity index (χ1) is 7.56. The minimum atomic E-state index is -0.157. The standard InChI is InChI=1S/C11H19ClN2O2/c1-8(15)14(2)10-6-4-3-5-9(10)13-11(16)7-12/h9-10H,3-7H2,1-2H3,(H,13,16)/t9-,10-/m0/s1. The first-order valence-corrected chi connectivity index (χ1v) is 6.18. The number of carbonyl (C=O) groups excluding carboxylic acids is 2. The summed E-state index contributed by atoms with van der Waals surface area (Å²) in [6.07, 6.45) is 4.07. The van der Waals surface area contributed by atoms with Gasteiger partial charge in [0.05, 0.1) is 6.04 Å². The SMILES string of the molecule is CC(=O)N(C)[C@H]1CCCC[C@@H]1NC(=O)CCl. The van der Waals surface area contributed by atoms with E-state index in [0.717, 1.165) is 25.7 Å². The number of hydrogen-bond acceptors (Lipinski definition) is 2. The first kappa shape index (κ1) is 13.3.